The van der Waals surface area contributed by atoms with Gasteiger partial charge in [-0.25, -0.2) is 0 Å². The van der Waals surface area contributed by atoms with Crippen LogP contribution in [0.2, 0.25) is 5.02 Å². The molecule has 0 aliphatic rings. The van der Waals surface area contributed by atoms with E-state index >= 15 is 0 Å². The highest BCUT2D eigenvalue weighted by molar-refractivity contribution is 6.31. The van der Waals surface area contributed by atoms with Crippen LogP contribution in [-0.4, -0.2) is 23.3 Å². The zero-order valence-electron chi connectivity index (χ0n) is 14.7. The van der Waals surface area contributed by atoms with Crippen molar-refractivity contribution in [3.8, 4) is 5.75 Å². The van der Waals surface area contributed by atoms with Crippen LogP contribution in [-0.2, 0) is 6.54 Å². The molecule has 10 heteroatoms. The van der Waals surface area contributed by atoms with Gasteiger partial charge >= 0.3 is 6.18 Å². The van der Waals surface area contributed by atoms with Crippen LogP contribution in [0.4, 0.5) is 18.9 Å². The fourth-order valence-electron chi connectivity index (χ4n) is 2.41. The Kier molecular flexibility index (Phi) is 5.97. The van der Waals surface area contributed by atoms with Crippen LogP contribution in [0.3, 0.4) is 0 Å². The highest BCUT2D eigenvalue weighted by Crippen LogP contribution is 2.30. The number of rotatable bonds is 6. The molecule has 152 valence electrons. The number of hydrogen-bond acceptors (Lipinski definition) is 4. The first-order chi connectivity index (χ1) is 13.7. The average Bonchev–Trinajstić information content (AvgIpc) is 3.11. The van der Waals surface area contributed by atoms with Gasteiger partial charge in [-0.05, 0) is 36.4 Å². The molecule has 0 bridgehead atoms. The Hall–Kier alpha value is -3.20. The molecule has 2 aromatic heterocycles. The molecule has 0 radical (unpaired) electrons. The summed E-state index contributed by atoms with van der Waals surface area (Å²) in [4.78, 5) is 24.2. The van der Waals surface area contributed by atoms with Crippen molar-refractivity contribution >= 4 is 23.2 Å². The van der Waals surface area contributed by atoms with Crippen LogP contribution in [0, 0.1) is 0 Å². The molecule has 0 aliphatic heterocycles. The molecule has 1 N–H and O–H groups in total. The van der Waals surface area contributed by atoms with Crippen molar-refractivity contribution < 1.29 is 27.1 Å². The lowest BCUT2D eigenvalue weighted by molar-refractivity contribution is -0.153. The second-order valence-electron chi connectivity index (χ2n) is 5.93. The number of anilines is 1. The minimum atomic E-state index is -4.54. The third-order valence-corrected chi connectivity index (χ3v) is 3.93. The Balaban J connectivity index is 1.74. The first kappa shape index (κ1) is 20.5. The Morgan fingerprint density at radius 1 is 1.17 bits per heavy atom. The summed E-state index contributed by atoms with van der Waals surface area (Å²) in [6.07, 6.45) is -2.97. The summed E-state index contributed by atoms with van der Waals surface area (Å²) in [5.74, 6) is -0.646. The standard InChI is InChI=1S/C19H14ClF3N2O4/c20-12-4-6-15(28-11-19(21,22)23)14(9-12)24-18(27)16-7-5-13(29-16)10-25-8-2-1-3-17(25)26/h1-9H,10-11H2,(H,24,27). The molecule has 3 rings (SSSR count). The second-order valence-corrected chi connectivity index (χ2v) is 6.37. The largest absolute Gasteiger partial charge is 0.482 e. The second kappa shape index (κ2) is 8.44. The summed E-state index contributed by atoms with van der Waals surface area (Å²) in [6.45, 7) is -1.40. The number of carbonyl (C=O) groups is 1. The zero-order valence-corrected chi connectivity index (χ0v) is 15.5. The molecule has 0 fully saturated rings. The van der Waals surface area contributed by atoms with Gasteiger partial charge in [0.25, 0.3) is 11.5 Å². The lowest BCUT2D eigenvalue weighted by Gasteiger charge is -2.13. The van der Waals surface area contributed by atoms with Crippen molar-refractivity contribution in [2.24, 2.45) is 0 Å². The molecular formula is C19H14ClF3N2O4. The van der Waals surface area contributed by atoms with E-state index in [9.17, 15) is 22.8 Å². The maximum Gasteiger partial charge on any atom is 0.422 e. The van der Waals surface area contributed by atoms with Crippen LogP contribution >= 0.6 is 11.6 Å². The van der Waals surface area contributed by atoms with E-state index in [-0.39, 0.29) is 34.3 Å². The predicted octanol–water partition coefficient (Wildman–Crippen LogP) is 4.34. The highest BCUT2D eigenvalue weighted by atomic mass is 35.5. The summed E-state index contributed by atoms with van der Waals surface area (Å²) in [6, 6.07) is 11.4. The first-order valence-corrected chi connectivity index (χ1v) is 8.64. The molecule has 0 unspecified atom stereocenters. The number of alkyl halides is 3. The predicted molar refractivity (Wildman–Crippen MR) is 99.5 cm³/mol. The average molecular weight is 427 g/mol. The van der Waals surface area contributed by atoms with Crippen LogP contribution < -0.4 is 15.6 Å². The fourth-order valence-corrected chi connectivity index (χ4v) is 2.59. The Morgan fingerprint density at radius 2 is 1.97 bits per heavy atom. The summed E-state index contributed by atoms with van der Waals surface area (Å²) in [7, 11) is 0. The van der Waals surface area contributed by atoms with E-state index in [2.05, 4.69) is 5.32 Å². The van der Waals surface area contributed by atoms with Crippen LogP contribution in [0.1, 0.15) is 16.3 Å². The number of carbonyl (C=O) groups excluding carboxylic acids is 1. The van der Waals surface area contributed by atoms with Crippen molar-refractivity contribution in [1.29, 1.82) is 0 Å². The van der Waals surface area contributed by atoms with Gasteiger partial charge in [-0.2, -0.15) is 13.2 Å². The van der Waals surface area contributed by atoms with Crippen molar-refractivity contribution in [1.82, 2.24) is 4.57 Å². The fraction of sp³-hybridized carbons (Fsp3) is 0.158. The van der Waals surface area contributed by atoms with E-state index in [1.165, 1.54) is 41.0 Å². The molecule has 29 heavy (non-hydrogen) atoms. The number of nitrogens with one attached hydrogen (secondary N) is 1. The van der Waals surface area contributed by atoms with Crippen molar-refractivity contribution in [3.05, 3.63) is 81.6 Å². The third kappa shape index (κ3) is 5.64. The number of benzene rings is 1. The van der Waals surface area contributed by atoms with Gasteiger partial charge in [-0.15, -0.1) is 0 Å². The van der Waals surface area contributed by atoms with Gasteiger partial charge in [0.1, 0.15) is 11.5 Å². The number of aromatic nitrogens is 1. The van der Waals surface area contributed by atoms with E-state index in [0.717, 1.165) is 0 Å². The number of nitrogens with zero attached hydrogens (tertiary/aromatic N) is 1. The summed E-state index contributed by atoms with van der Waals surface area (Å²) < 4.78 is 48.8. The lowest BCUT2D eigenvalue weighted by atomic mass is 10.2. The quantitative estimate of drug-likeness (QED) is 0.636. The van der Waals surface area contributed by atoms with E-state index in [0.29, 0.717) is 5.76 Å². The summed E-state index contributed by atoms with van der Waals surface area (Å²) in [5, 5.41) is 2.61. The van der Waals surface area contributed by atoms with E-state index in [4.69, 9.17) is 20.8 Å². The van der Waals surface area contributed by atoms with Crippen LogP contribution in [0.15, 0.2) is 63.9 Å². The Morgan fingerprint density at radius 3 is 2.69 bits per heavy atom. The molecule has 0 aliphatic carbocycles. The molecular weight excluding hydrogens is 413 g/mol. The SMILES string of the molecule is O=C(Nc1cc(Cl)ccc1OCC(F)(F)F)c1ccc(Cn2ccccc2=O)o1. The summed E-state index contributed by atoms with van der Waals surface area (Å²) >= 11 is 5.86. The van der Waals surface area contributed by atoms with Gasteiger partial charge in [0.05, 0.1) is 12.2 Å². The van der Waals surface area contributed by atoms with Gasteiger partial charge in [-0.3, -0.25) is 9.59 Å². The third-order valence-electron chi connectivity index (χ3n) is 3.69. The molecule has 0 atom stereocenters. The molecule has 1 aromatic carbocycles. The van der Waals surface area contributed by atoms with E-state index < -0.39 is 18.7 Å². The van der Waals surface area contributed by atoms with Crippen molar-refractivity contribution in [3.63, 3.8) is 0 Å². The molecule has 0 saturated heterocycles. The maximum absolute atomic E-state index is 12.4. The van der Waals surface area contributed by atoms with Crippen molar-refractivity contribution in [2.45, 2.75) is 12.7 Å². The van der Waals surface area contributed by atoms with Gasteiger partial charge in [0.15, 0.2) is 12.4 Å². The number of hydrogen-bond donors (Lipinski definition) is 1. The van der Waals surface area contributed by atoms with Crippen molar-refractivity contribution in [2.75, 3.05) is 11.9 Å². The monoisotopic (exact) mass is 426 g/mol. The zero-order chi connectivity index (χ0) is 21.0. The smallest absolute Gasteiger partial charge is 0.422 e. The van der Waals surface area contributed by atoms with E-state index in [1.54, 1.807) is 18.3 Å². The lowest BCUT2D eigenvalue weighted by Crippen LogP contribution is -2.20. The van der Waals surface area contributed by atoms with Gasteiger partial charge in [-0.1, -0.05) is 17.7 Å². The van der Waals surface area contributed by atoms with Gasteiger partial charge in [0.2, 0.25) is 0 Å². The Bertz CT molecular complexity index is 1080. The minimum absolute atomic E-state index is 0.0380. The number of halogens is 4. The van der Waals surface area contributed by atoms with E-state index in [1.807, 2.05) is 0 Å². The molecule has 0 saturated carbocycles. The van der Waals surface area contributed by atoms with Gasteiger partial charge in [0, 0.05) is 17.3 Å². The molecule has 2 heterocycles. The Labute approximate surface area is 167 Å². The maximum atomic E-state index is 12.4. The number of pyridine rings is 1. The highest BCUT2D eigenvalue weighted by Gasteiger charge is 2.29. The van der Waals surface area contributed by atoms with Crippen LogP contribution in [0.5, 0.6) is 5.75 Å². The first-order valence-electron chi connectivity index (χ1n) is 8.26. The number of amides is 1. The number of ether oxygens (including phenoxy) is 1. The molecule has 1 amide bonds. The topological polar surface area (TPSA) is 73.5 Å². The number of furan rings is 1. The normalized spacial score (nSPS) is 11.3. The summed E-state index contributed by atoms with van der Waals surface area (Å²) in [5.41, 5.74) is -0.274. The molecule has 0 spiro atoms. The van der Waals surface area contributed by atoms with Gasteiger partial charge < -0.3 is 19.0 Å². The molecule has 3 aromatic rings. The molecule has 6 nitrogen and oxygen atoms in total. The minimum Gasteiger partial charge on any atom is -0.482 e. The van der Waals surface area contributed by atoms with Crippen LogP contribution in [0.25, 0.3) is 0 Å².